The number of rotatable bonds is 5. The van der Waals surface area contributed by atoms with Gasteiger partial charge in [0.1, 0.15) is 6.54 Å². The highest BCUT2D eigenvalue weighted by Crippen LogP contribution is 2.35. The van der Waals surface area contributed by atoms with E-state index in [1.807, 2.05) is 60.7 Å². The largest absolute Gasteiger partial charge is 0.271 e. The number of hydrogen-bond acceptors (Lipinski definition) is 7. The molecule has 3 aromatic carbocycles. The summed E-state index contributed by atoms with van der Waals surface area (Å²) >= 11 is 5.95. The number of imide groups is 1. The van der Waals surface area contributed by atoms with Gasteiger partial charge in [-0.25, -0.2) is 9.91 Å². The van der Waals surface area contributed by atoms with Crippen LogP contribution in [0.1, 0.15) is 23.6 Å². The minimum absolute atomic E-state index is 0.243. The Morgan fingerprint density at radius 3 is 2.27 bits per heavy atom. The van der Waals surface area contributed by atoms with Crippen LogP contribution in [0.5, 0.6) is 0 Å². The summed E-state index contributed by atoms with van der Waals surface area (Å²) in [6, 6.07) is 23.5. The molecule has 1 saturated heterocycles. The average molecular weight is 513 g/mol. The topological polar surface area (TPSA) is 98.0 Å². The van der Waals surface area contributed by atoms with Crippen molar-refractivity contribution in [3.8, 4) is 0 Å². The lowest BCUT2D eigenvalue weighted by atomic mass is 9.98. The number of nitrogens with zero attached hydrogens (tertiary/aromatic N) is 6. The Morgan fingerprint density at radius 1 is 0.892 bits per heavy atom. The number of anilines is 1. The lowest BCUT2D eigenvalue weighted by Crippen LogP contribution is -2.44. The van der Waals surface area contributed by atoms with Crippen molar-refractivity contribution < 1.29 is 14.4 Å². The summed E-state index contributed by atoms with van der Waals surface area (Å²) in [5, 5.41) is 16.0. The first-order valence-electron chi connectivity index (χ1n) is 11.8. The van der Waals surface area contributed by atoms with Gasteiger partial charge < -0.3 is 0 Å². The number of carbonyl (C=O) groups excluding carboxylic acids is 3. The molecular weight excluding hydrogens is 492 g/mol. The highest BCUT2D eigenvalue weighted by atomic mass is 35.5. The molecule has 1 fully saturated rings. The summed E-state index contributed by atoms with van der Waals surface area (Å²) < 4.78 is 0. The molecule has 6 rings (SSSR count). The van der Waals surface area contributed by atoms with Crippen molar-refractivity contribution in [1.29, 1.82) is 0 Å². The molecule has 3 amide bonds. The van der Waals surface area contributed by atoms with E-state index in [2.05, 4.69) is 15.4 Å². The summed E-state index contributed by atoms with van der Waals surface area (Å²) in [5.41, 5.74) is 3.09. The van der Waals surface area contributed by atoms with E-state index in [1.54, 1.807) is 24.3 Å². The van der Waals surface area contributed by atoms with Gasteiger partial charge in [-0.1, -0.05) is 77.5 Å². The van der Waals surface area contributed by atoms with Gasteiger partial charge in [0, 0.05) is 11.4 Å². The smallest absolute Gasteiger partial charge is 0.264 e. The van der Waals surface area contributed by atoms with E-state index in [1.165, 1.54) is 10.0 Å². The van der Waals surface area contributed by atoms with E-state index in [4.69, 9.17) is 11.6 Å². The summed E-state index contributed by atoms with van der Waals surface area (Å²) in [4.78, 5) is 40.9. The number of hydrazone groups is 1. The van der Waals surface area contributed by atoms with Gasteiger partial charge in [0.2, 0.25) is 0 Å². The molecule has 0 unspecified atom stereocenters. The Kier molecular flexibility index (Phi) is 5.77. The molecule has 37 heavy (non-hydrogen) atoms. The van der Waals surface area contributed by atoms with E-state index in [-0.39, 0.29) is 18.5 Å². The number of halogens is 1. The molecule has 0 spiro atoms. The predicted octanol–water partition coefficient (Wildman–Crippen LogP) is 4.01. The molecule has 3 heterocycles. The maximum absolute atomic E-state index is 13.6. The minimum atomic E-state index is -0.997. The van der Waals surface area contributed by atoms with Crippen LogP contribution in [0, 0.1) is 0 Å². The standard InChI is InChI=1S/C27H21ClN6O3/c28-19-11-13-20(14-12-19)33-26(36)24-25(27(33)37)32(31-29-24)16-23(35)34-22(18-9-5-2-6-10-18)15-21(30-34)17-7-3-1-4-8-17/h1-14,22,24-25H,15-16H2/t22-,24-,25-/m0/s1. The Balaban J connectivity index is 1.25. The SMILES string of the molecule is O=C1[C@H]2N=NN(CC(=O)N3N=C(c4ccccc4)C[C@H]3c3ccccc3)[C@@H]2C(=O)N1c1ccc(Cl)cc1. The van der Waals surface area contributed by atoms with Gasteiger partial charge in [0.15, 0.2) is 12.1 Å². The van der Waals surface area contributed by atoms with Crippen LogP contribution in [0.3, 0.4) is 0 Å². The molecule has 10 heteroatoms. The summed E-state index contributed by atoms with van der Waals surface area (Å²) in [6.45, 7) is -0.243. The molecule has 184 valence electrons. The Morgan fingerprint density at radius 2 is 1.57 bits per heavy atom. The Labute approximate surface area is 217 Å². The van der Waals surface area contributed by atoms with Crippen LogP contribution >= 0.6 is 11.6 Å². The number of carbonyl (C=O) groups is 3. The van der Waals surface area contributed by atoms with E-state index in [0.29, 0.717) is 17.1 Å². The van der Waals surface area contributed by atoms with Crippen molar-refractivity contribution in [2.75, 3.05) is 11.4 Å². The quantitative estimate of drug-likeness (QED) is 0.482. The number of fused-ring (bicyclic) bond motifs is 1. The molecule has 0 radical (unpaired) electrons. The van der Waals surface area contributed by atoms with E-state index >= 15 is 0 Å². The molecule has 0 bridgehead atoms. The number of benzene rings is 3. The molecule has 0 aromatic heterocycles. The van der Waals surface area contributed by atoms with Crippen molar-refractivity contribution >= 4 is 40.7 Å². The van der Waals surface area contributed by atoms with Crippen LogP contribution in [0.2, 0.25) is 5.02 Å². The fourth-order valence-electron chi connectivity index (χ4n) is 4.89. The fraction of sp³-hybridized carbons (Fsp3) is 0.185. The van der Waals surface area contributed by atoms with Crippen LogP contribution in [0.15, 0.2) is 100 Å². The average Bonchev–Trinajstić information content (AvgIpc) is 3.61. The minimum Gasteiger partial charge on any atom is -0.271 e. The van der Waals surface area contributed by atoms with Crippen molar-refractivity contribution in [1.82, 2.24) is 10.0 Å². The van der Waals surface area contributed by atoms with Crippen LogP contribution in [-0.2, 0) is 14.4 Å². The number of amides is 3. The zero-order valence-corrected chi connectivity index (χ0v) is 20.3. The third-order valence-electron chi connectivity index (χ3n) is 6.70. The molecule has 0 saturated carbocycles. The van der Waals surface area contributed by atoms with Crippen LogP contribution in [0.4, 0.5) is 5.69 Å². The normalized spacial score (nSPS) is 22.6. The summed E-state index contributed by atoms with van der Waals surface area (Å²) in [5.74, 6) is -1.31. The van der Waals surface area contributed by atoms with Gasteiger partial charge in [-0.3, -0.25) is 19.4 Å². The molecule has 3 aliphatic rings. The van der Waals surface area contributed by atoms with E-state index in [9.17, 15) is 14.4 Å². The van der Waals surface area contributed by atoms with Crippen LogP contribution < -0.4 is 4.90 Å². The maximum atomic E-state index is 13.6. The lowest BCUT2D eigenvalue weighted by molar-refractivity contribution is -0.135. The summed E-state index contributed by atoms with van der Waals surface area (Å²) in [6.07, 6.45) is 0.551. The first-order chi connectivity index (χ1) is 18.0. The van der Waals surface area contributed by atoms with E-state index in [0.717, 1.165) is 21.7 Å². The summed E-state index contributed by atoms with van der Waals surface area (Å²) in [7, 11) is 0. The van der Waals surface area contributed by atoms with Crippen molar-refractivity contribution in [2.24, 2.45) is 15.4 Å². The third-order valence-corrected chi connectivity index (χ3v) is 6.95. The molecule has 0 N–H and O–H groups in total. The Hall–Kier alpha value is -4.37. The van der Waals surface area contributed by atoms with Crippen molar-refractivity contribution in [2.45, 2.75) is 24.5 Å². The van der Waals surface area contributed by atoms with Gasteiger partial charge in [-0.15, -0.1) is 0 Å². The van der Waals surface area contributed by atoms with Crippen LogP contribution in [-0.4, -0.2) is 52.1 Å². The molecular formula is C27H21ClN6O3. The zero-order chi connectivity index (χ0) is 25.5. The molecule has 3 aliphatic heterocycles. The van der Waals surface area contributed by atoms with Crippen LogP contribution in [0.25, 0.3) is 0 Å². The Bertz CT molecular complexity index is 1430. The first-order valence-corrected chi connectivity index (χ1v) is 12.2. The second kappa shape index (κ2) is 9.25. The van der Waals surface area contributed by atoms with Gasteiger partial charge in [0.25, 0.3) is 17.7 Å². The van der Waals surface area contributed by atoms with Gasteiger partial charge in [-0.05, 0) is 35.4 Å². The maximum Gasteiger partial charge on any atom is 0.264 e. The first kappa shape index (κ1) is 23.1. The van der Waals surface area contributed by atoms with Gasteiger partial charge in [-0.2, -0.15) is 10.2 Å². The third kappa shape index (κ3) is 4.07. The number of hydrogen-bond donors (Lipinski definition) is 0. The zero-order valence-electron chi connectivity index (χ0n) is 19.5. The van der Waals surface area contributed by atoms with Gasteiger partial charge in [0.05, 0.1) is 17.4 Å². The van der Waals surface area contributed by atoms with Gasteiger partial charge >= 0.3 is 0 Å². The predicted molar refractivity (Wildman–Crippen MR) is 137 cm³/mol. The molecule has 9 nitrogen and oxygen atoms in total. The second-order valence-corrected chi connectivity index (χ2v) is 9.40. The van der Waals surface area contributed by atoms with Crippen molar-refractivity contribution in [3.63, 3.8) is 0 Å². The highest BCUT2D eigenvalue weighted by molar-refractivity contribution is 6.31. The van der Waals surface area contributed by atoms with Crippen molar-refractivity contribution in [3.05, 3.63) is 101 Å². The molecule has 0 aliphatic carbocycles. The molecule has 3 atom stereocenters. The fourth-order valence-corrected chi connectivity index (χ4v) is 5.02. The lowest BCUT2D eigenvalue weighted by Gasteiger charge is -2.25. The van der Waals surface area contributed by atoms with E-state index < -0.39 is 23.9 Å². The second-order valence-electron chi connectivity index (χ2n) is 8.96. The monoisotopic (exact) mass is 512 g/mol. The molecule has 3 aromatic rings. The highest BCUT2D eigenvalue weighted by Gasteiger charge is 2.55.